The highest BCUT2D eigenvalue weighted by atomic mass is 16.6. The van der Waals surface area contributed by atoms with Crippen molar-refractivity contribution in [3.8, 4) is 0 Å². The molecule has 0 aromatic rings. The van der Waals surface area contributed by atoms with E-state index in [4.69, 9.17) is 18.9 Å². The van der Waals surface area contributed by atoms with Crippen molar-refractivity contribution in [3.05, 3.63) is 11.6 Å². The predicted molar refractivity (Wildman–Crippen MR) is 154 cm³/mol. The number of amides is 1. The molecular weight excluding hydrogens is 556 g/mol. The zero-order valence-electron chi connectivity index (χ0n) is 25.8. The lowest BCUT2D eigenvalue weighted by molar-refractivity contribution is -0.254. The molecule has 11 nitrogen and oxygen atoms in total. The quantitative estimate of drug-likeness (QED) is 0.305. The van der Waals surface area contributed by atoms with Crippen LogP contribution >= 0.6 is 0 Å². The van der Waals surface area contributed by atoms with Gasteiger partial charge in [0.05, 0.1) is 24.4 Å². The lowest BCUT2D eigenvalue weighted by atomic mass is 9.42. The van der Waals surface area contributed by atoms with Crippen molar-refractivity contribution in [2.45, 2.75) is 95.5 Å². The van der Waals surface area contributed by atoms with E-state index in [2.05, 4.69) is 24.1 Å². The maximum atomic E-state index is 12.7. The first-order valence-electron chi connectivity index (χ1n) is 16.1. The summed E-state index contributed by atoms with van der Waals surface area (Å²) >= 11 is 0. The molecular formula is C32H48N2O9. The summed E-state index contributed by atoms with van der Waals surface area (Å²) in [6.45, 7) is 10.1. The van der Waals surface area contributed by atoms with E-state index < -0.39 is 46.2 Å². The molecule has 11 heteroatoms. The van der Waals surface area contributed by atoms with Crippen LogP contribution in [0.2, 0.25) is 0 Å². The molecule has 3 N–H and O–H groups in total. The molecule has 6 rings (SSSR count). The van der Waals surface area contributed by atoms with E-state index in [1.54, 1.807) is 0 Å². The van der Waals surface area contributed by atoms with Crippen molar-refractivity contribution < 1.29 is 43.5 Å². The number of morpholine rings is 1. The number of aliphatic hydroxyl groups is 2. The largest absolute Gasteiger partial charge is 0.462 e. The Hall–Kier alpha value is -2.21. The highest BCUT2D eigenvalue weighted by molar-refractivity contribution is 5.85. The fourth-order valence-electron chi connectivity index (χ4n) is 10.2. The Balaban J connectivity index is 1.14. The van der Waals surface area contributed by atoms with Crippen LogP contribution in [0, 0.1) is 28.6 Å². The van der Waals surface area contributed by atoms with Crippen LogP contribution in [0.3, 0.4) is 0 Å². The molecule has 0 spiro atoms. The molecule has 0 aromatic carbocycles. The number of cyclic esters (lactones) is 1. The number of rotatable bonds is 6. The van der Waals surface area contributed by atoms with Gasteiger partial charge in [0.15, 0.2) is 0 Å². The van der Waals surface area contributed by atoms with Gasteiger partial charge in [-0.15, -0.1) is 0 Å². The maximum absolute atomic E-state index is 12.7. The van der Waals surface area contributed by atoms with Gasteiger partial charge in [0, 0.05) is 63.4 Å². The predicted octanol–water partition coefficient (Wildman–Crippen LogP) is 2.33. The smallest absolute Gasteiger partial charge is 0.407 e. The van der Waals surface area contributed by atoms with Gasteiger partial charge < -0.3 is 34.5 Å². The van der Waals surface area contributed by atoms with Crippen LogP contribution in [0.25, 0.3) is 0 Å². The monoisotopic (exact) mass is 604 g/mol. The summed E-state index contributed by atoms with van der Waals surface area (Å²) < 4.78 is 22.3. The van der Waals surface area contributed by atoms with E-state index in [1.807, 2.05) is 0 Å². The van der Waals surface area contributed by atoms with Gasteiger partial charge in [-0.3, -0.25) is 9.69 Å². The lowest BCUT2D eigenvalue weighted by Gasteiger charge is -2.66. The van der Waals surface area contributed by atoms with Crippen LogP contribution in [0.5, 0.6) is 0 Å². The van der Waals surface area contributed by atoms with Crippen LogP contribution in [0.4, 0.5) is 4.79 Å². The molecule has 6 aliphatic rings. The number of esters is 2. The van der Waals surface area contributed by atoms with Crippen molar-refractivity contribution >= 4 is 18.0 Å². The Labute approximate surface area is 253 Å². The Kier molecular flexibility index (Phi) is 8.09. The SMILES string of the molecule is CC(=O)O[C@H]1C[C@]2(O)[C@@H]3CC[C@]4(O)C[C@@H](OC(=O)NCCN5CCOCC5)CC[C@]4(C)[C@H]3CC[C@]2(C)[C@H]1C1=CC(=O)OC1. The van der Waals surface area contributed by atoms with E-state index in [-0.39, 0.29) is 30.5 Å². The summed E-state index contributed by atoms with van der Waals surface area (Å²) in [7, 11) is 0. The average Bonchev–Trinajstić information content (AvgIpc) is 3.46. The van der Waals surface area contributed by atoms with Crippen molar-refractivity contribution in [1.82, 2.24) is 10.2 Å². The van der Waals surface area contributed by atoms with Gasteiger partial charge in [0.2, 0.25) is 0 Å². The number of fused-ring (bicyclic) bond motifs is 5. The molecule has 0 unspecified atom stereocenters. The molecule has 4 aliphatic carbocycles. The summed E-state index contributed by atoms with van der Waals surface area (Å²) in [6.07, 6.45) is 4.76. The van der Waals surface area contributed by atoms with Crippen LogP contribution in [0.1, 0.15) is 72.1 Å². The highest BCUT2D eigenvalue weighted by Gasteiger charge is 2.72. The number of nitrogens with one attached hydrogen (secondary N) is 1. The van der Waals surface area contributed by atoms with Gasteiger partial charge in [-0.2, -0.15) is 0 Å². The number of carbonyl (C=O) groups is 3. The zero-order valence-corrected chi connectivity index (χ0v) is 25.8. The standard InChI is InChI=1S/C32H48N2O9/c1-20(35)42-25-18-32(39)24-6-9-31(38)17-22(43-28(37)33-10-11-34-12-14-40-15-13-34)4-7-29(31,2)23(24)5-8-30(32,3)27(25)21-16-26(36)41-19-21/h16,22-25,27,38-39H,4-15,17-19H2,1-3H3,(H,33,37)/t22-,23-,24+,25-,27-,29+,30+,31-,32-/m0/s1. The van der Waals surface area contributed by atoms with Crippen molar-refractivity contribution in [1.29, 1.82) is 0 Å². The fraction of sp³-hybridized carbons (Fsp3) is 0.844. The van der Waals surface area contributed by atoms with Crippen LogP contribution in [0.15, 0.2) is 11.6 Å². The summed E-state index contributed by atoms with van der Waals surface area (Å²) in [5, 5.41) is 27.7. The van der Waals surface area contributed by atoms with Gasteiger partial charge in [0.25, 0.3) is 0 Å². The minimum absolute atomic E-state index is 0.0554. The van der Waals surface area contributed by atoms with Crippen LogP contribution in [-0.2, 0) is 28.5 Å². The molecule has 1 amide bonds. The minimum Gasteiger partial charge on any atom is -0.462 e. The third-order valence-electron chi connectivity index (χ3n) is 12.4. The second kappa shape index (κ2) is 11.3. The highest BCUT2D eigenvalue weighted by Crippen LogP contribution is 2.71. The number of ether oxygens (including phenoxy) is 4. The van der Waals surface area contributed by atoms with Gasteiger partial charge >= 0.3 is 18.0 Å². The normalized spacial score (nSPS) is 44.3. The van der Waals surface area contributed by atoms with Crippen LogP contribution in [-0.4, -0.2) is 103 Å². The topological polar surface area (TPSA) is 144 Å². The summed E-state index contributed by atoms with van der Waals surface area (Å²) in [6, 6.07) is 0. The molecule has 1 saturated heterocycles. The van der Waals surface area contributed by atoms with Gasteiger partial charge in [0.1, 0.15) is 18.8 Å². The minimum atomic E-state index is -1.13. The van der Waals surface area contributed by atoms with E-state index in [0.29, 0.717) is 64.7 Å². The van der Waals surface area contributed by atoms with Crippen molar-refractivity contribution in [2.24, 2.45) is 28.6 Å². The first-order chi connectivity index (χ1) is 20.4. The van der Waals surface area contributed by atoms with Crippen molar-refractivity contribution in [2.75, 3.05) is 46.0 Å². The molecule has 9 atom stereocenters. The van der Waals surface area contributed by atoms with E-state index in [0.717, 1.165) is 31.6 Å². The van der Waals surface area contributed by atoms with E-state index in [1.165, 1.54) is 13.0 Å². The van der Waals surface area contributed by atoms with Gasteiger partial charge in [-0.25, -0.2) is 9.59 Å². The second-order valence-corrected chi connectivity index (χ2v) is 14.4. The first-order valence-corrected chi connectivity index (χ1v) is 16.1. The van der Waals surface area contributed by atoms with Crippen LogP contribution < -0.4 is 5.32 Å². The van der Waals surface area contributed by atoms with Crippen molar-refractivity contribution in [3.63, 3.8) is 0 Å². The third-order valence-corrected chi connectivity index (χ3v) is 12.4. The Morgan fingerprint density at radius 2 is 1.74 bits per heavy atom. The molecule has 240 valence electrons. The fourth-order valence-corrected chi connectivity index (χ4v) is 10.2. The molecule has 2 heterocycles. The maximum Gasteiger partial charge on any atom is 0.407 e. The molecule has 5 fully saturated rings. The number of alkyl carbamates (subject to hydrolysis) is 1. The number of carbonyl (C=O) groups excluding carboxylic acids is 3. The molecule has 0 radical (unpaired) electrons. The lowest BCUT2D eigenvalue weighted by Crippen LogP contribution is -2.67. The molecule has 4 saturated carbocycles. The van der Waals surface area contributed by atoms with E-state index in [9.17, 15) is 24.6 Å². The molecule has 43 heavy (non-hydrogen) atoms. The Bertz CT molecular complexity index is 1160. The summed E-state index contributed by atoms with van der Waals surface area (Å²) in [5.74, 6) is -1.16. The molecule has 0 bridgehead atoms. The zero-order chi connectivity index (χ0) is 30.6. The molecule has 0 aromatic heterocycles. The first kappa shape index (κ1) is 30.8. The Morgan fingerprint density at radius 3 is 2.44 bits per heavy atom. The van der Waals surface area contributed by atoms with Gasteiger partial charge in [-0.1, -0.05) is 13.8 Å². The van der Waals surface area contributed by atoms with E-state index >= 15 is 0 Å². The number of hydrogen-bond acceptors (Lipinski definition) is 10. The molecule has 2 aliphatic heterocycles. The second-order valence-electron chi connectivity index (χ2n) is 14.4. The Morgan fingerprint density at radius 1 is 1.02 bits per heavy atom. The number of nitrogens with zero attached hydrogens (tertiary/aromatic N) is 1. The third kappa shape index (κ3) is 5.17. The number of hydrogen-bond donors (Lipinski definition) is 3. The summed E-state index contributed by atoms with van der Waals surface area (Å²) in [5.41, 5.74) is -2.44. The average molecular weight is 605 g/mol. The summed E-state index contributed by atoms with van der Waals surface area (Å²) in [4.78, 5) is 39.0. The van der Waals surface area contributed by atoms with Gasteiger partial charge in [-0.05, 0) is 61.3 Å².